The van der Waals surface area contributed by atoms with E-state index < -0.39 is 5.91 Å². The zero-order valence-corrected chi connectivity index (χ0v) is 23.7. The minimum Gasteiger partial charge on any atom is -0.490 e. The topological polar surface area (TPSA) is 160 Å². The van der Waals surface area contributed by atoms with Gasteiger partial charge in [-0.3, -0.25) is 9.59 Å². The van der Waals surface area contributed by atoms with Crippen LogP contribution in [0.15, 0.2) is 18.2 Å². The quantitative estimate of drug-likeness (QED) is 0.392. The standard InChI is InChI=1S/C29H38N8O4/c1-36(2)12-13-40-24-7-6-22(27(31)38)33-26(24)18-8-10-37(11-9-18)25-15-23(28(39)32-21-4-3-5-21)34-29(35-25)41-17-20-14-19(20)16-30/h6-7,15,18-21H,3-5,8-14,17H2,1-2H3,(H2,31,38)(H,32,39)/t19-,20+/m1/s1. The molecular weight excluding hydrogens is 524 g/mol. The number of pyridine rings is 1. The van der Waals surface area contributed by atoms with Gasteiger partial charge < -0.3 is 30.3 Å². The van der Waals surface area contributed by atoms with Crippen LogP contribution < -0.4 is 25.4 Å². The van der Waals surface area contributed by atoms with Gasteiger partial charge in [0.2, 0.25) is 0 Å². The van der Waals surface area contributed by atoms with Crippen LogP contribution in [0.3, 0.4) is 0 Å². The second kappa shape index (κ2) is 12.7. The fourth-order valence-corrected chi connectivity index (χ4v) is 5.07. The molecule has 0 spiro atoms. The molecule has 0 unspecified atom stereocenters. The van der Waals surface area contributed by atoms with Crippen LogP contribution in [0.5, 0.6) is 11.8 Å². The second-order valence-electron chi connectivity index (χ2n) is 11.4. The van der Waals surface area contributed by atoms with E-state index in [2.05, 4.69) is 31.2 Å². The van der Waals surface area contributed by atoms with Gasteiger partial charge in [0, 0.05) is 43.6 Å². The number of rotatable bonds is 12. The molecule has 2 saturated carbocycles. The summed E-state index contributed by atoms with van der Waals surface area (Å²) in [6, 6.07) is 7.70. The van der Waals surface area contributed by atoms with E-state index in [0.717, 1.165) is 50.8 Å². The van der Waals surface area contributed by atoms with Crippen LogP contribution in [-0.2, 0) is 0 Å². The monoisotopic (exact) mass is 562 g/mol. The van der Waals surface area contributed by atoms with E-state index in [0.29, 0.717) is 37.9 Å². The highest BCUT2D eigenvalue weighted by molar-refractivity contribution is 5.93. The number of hydrogen-bond acceptors (Lipinski definition) is 10. The maximum Gasteiger partial charge on any atom is 0.319 e. The first-order valence-corrected chi connectivity index (χ1v) is 14.4. The van der Waals surface area contributed by atoms with Gasteiger partial charge in [-0.05, 0) is 64.8 Å². The number of likely N-dealkylation sites (N-methyl/N-ethyl adjacent to an activating group) is 1. The highest BCUT2D eigenvalue weighted by atomic mass is 16.5. The van der Waals surface area contributed by atoms with Gasteiger partial charge >= 0.3 is 6.01 Å². The fourth-order valence-electron chi connectivity index (χ4n) is 5.07. The van der Waals surface area contributed by atoms with E-state index in [9.17, 15) is 9.59 Å². The van der Waals surface area contributed by atoms with Crippen molar-refractivity contribution >= 4 is 17.6 Å². The number of carbonyl (C=O) groups is 2. The SMILES string of the molecule is CN(C)CCOc1ccc(C(N)=O)nc1C1CCN(c2cc(C(=O)NC3CCC3)nc(OC[C@@H]3C[C@@H]3C#N)n2)CC1. The molecule has 1 saturated heterocycles. The average Bonchev–Trinajstić information content (AvgIpc) is 3.72. The number of nitriles is 1. The van der Waals surface area contributed by atoms with Gasteiger partial charge in [-0.1, -0.05) is 0 Å². The number of primary amides is 1. The molecule has 12 heteroatoms. The summed E-state index contributed by atoms with van der Waals surface area (Å²) in [5.74, 6) is 0.741. The molecule has 2 aromatic rings. The molecule has 3 heterocycles. The predicted molar refractivity (Wildman–Crippen MR) is 151 cm³/mol. The molecule has 3 aliphatic rings. The molecule has 0 aromatic carbocycles. The number of carbonyl (C=O) groups excluding carboxylic acids is 2. The van der Waals surface area contributed by atoms with Crippen LogP contribution in [0.4, 0.5) is 5.82 Å². The summed E-state index contributed by atoms with van der Waals surface area (Å²) in [5, 5.41) is 12.2. The number of hydrogen-bond donors (Lipinski definition) is 2. The Labute approximate surface area is 240 Å². The maximum absolute atomic E-state index is 13.0. The van der Waals surface area contributed by atoms with Crippen molar-refractivity contribution in [3.63, 3.8) is 0 Å². The summed E-state index contributed by atoms with van der Waals surface area (Å²) in [5.41, 5.74) is 6.76. The molecule has 1 aliphatic heterocycles. The van der Waals surface area contributed by atoms with E-state index in [1.807, 2.05) is 19.0 Å². The number of nitrogens with zero attached hydrogens (tertiary/aromatic N) is 6. The van der Waals surface area contributed by atoms with Crippen molar-refractivity contribution in [2.45, 2.75) is 50.5 Å². The third kappa shape index (κ3) is 7.21. The van der Waals surface area contributed by atoms with E-state index in [1.54, 1.807) is 18.2 Å². The lowest BCUT2D eigenvalue weighted by atomic mass is 9.92. The Morgan fingerprint density at radius 1 is 1.12 bits per heavy atom. The molecule has 2 aliphatic carbocycles. The first-order chi connectivity index (χ1) is 19.8. The number of aromatic nitrogens is 3. The van der Waals surface area contributed by atoms with Crippen LogP contribution in [0.1, 0.15) is 71.1 Å². The highest BCUT2D eigenvalue weighted by Crippen LogP contribution is 2.38. The average molecular weight is 563 g/mol. The summed E-state index contributed by atoms with van der Waals surface area (Å²) in [7, 11) is 3.96. The molecule has 12 nitrogen and oxygen atoms in total. The number of nitrogens with two attached hydrogens (primary N) is 1. The minimum atomic E-state index is -0.572. The van der Waals surface area contributed by atoms with Crippen LogP contribution in [0, 0.1) is 23.2 Å². The predicted octanol–water partition coefficient (Wildman–Crippen LogP) is 2.12. The van der Waals surface area contributed by atoms with Crippen LogP contribution >= 0.6 is 0 Å². The van der Waals surface area contributed by atoms with Crippen LogP contribution in [0.25, 0.3) is 0 Å². The van der Waals surface area contributed by atoms with Crippen molar-refractivity contribution < 1.29 is 19.1 Å². The summed E-state index contributed by atoms with van der Waals surface area (Å²) in [6.45, 7) is 2.92. The molecule has 5 rings (SSSR count). The van der Waals surface area contributed by atoms with Crippen LogP contribution in [0.2, 0.25) is 0 Å². The molecule has 0 bridgehead atoms. The van der Waals surface area contributed by atoms with Gasteiger partial charge in [0.05, 0.1) is 24.3 Å². The summed E-state index contributed by atoms with van der Waals surface area (Å²) in [4.78, 5) is 42.6. The third-order valence-corrected chi connectivity index (χ3v) is 8.02. The molecule has 218 valence electrons. The lowest BCUT2D eigenvalue weighted by molar-refractivity contribution is 0.0909. The first-order valence-electron chi connectivity index (χ1n) is 14.4. The lowest BCUT2D eigenvalue weighted by Gasteiger charge is -2.33. The maximum atomic E-state index is 13.0. The van der Waals surface area contributed by atoms with E-state index in [4.69, 9.17) is 20.5 Å². The third-order valence-electron chi connectivity index (χ3n) is 8.02. The Hall–Kier alpha value is -3.98. The van der Waals surface area contributed by atoms with Crippen molar-refractivity contribution in [3.8, 4) is 17.8 Å². The zero-order valence-electron chi connectivity index (χ0n) is 23.7. The smallest absolute Gasteiger partial charge is 0.319 e. The van der Waals surface area contributed by atoms with Gasteiger partial charge in [-0.25, -0.2) is 4.98 Å². The number of nitrogens with one attached hydrogen (secondary N) is 1. The van der Waals surface area contributed by atoms with E-state index in [-0.39, 0.29) is 47.1 Å². The van der Waals surface area contributed by atoms with Crippen molar-refractivity contribution in [2.24, 2.45) is 17.6 Å². The summed E-state index contributed by atoms with van der Waals surface area (Å²) >= 11 is 0. The summed E-state index contributed by atoms with van der Waals surface area (Å²) < 4.78 is 11.9. The van der Waals surface area contributed by atoms with Gasteiger partial charge in [0.1, 0.15) is 29.6 Å². The molecule has 2 amide bonds. The van der Waals surface area contributed by atoms with Gasteiger partial charge in [-0.2, -0.15) is 15.2 Å². The Morgan fingerprint density at radius 3 is 2.54 bits per heavy atom. The Morgan fingerprint density at radius 2 is 1.90 bits per heavy atom. The number of piperidine rings is 1. The van der Waals surface area contributed by atoms with Crippen molar-refractivity contribution in [2.75, 3.05) is 51.8 Å². The molecule has 41 heavy (non-hydrogen) atoms. The van der Waals surface area contributed by atoms with Crippen molar-refractivity contribution in [1.82, 2.24) is 25.2 Å². The molecule has 3 N–H and O–H groups in total. The largest absolute Gasteiger partial charge is 0.490 e. The van der Waals surface area contributed by atoms with E-state index in [1.165, 1.54) is 0 Å². The van der Waals surface area contributed by atoms with E-state index >= 15 is 0 Å². The fraction of sp³-hybridized carbons (Fsp3) is 0.586. The molecule has 0 radical (unpaired) electrons. The first kappa shape index (κ1) is 28.5. The molecule has 2 aromatic heterocycles. The van der Waals surface area contributed by atoms with Gasteiger partial charge in [0.25, 0.3) is 11.8 Å². The van der Waals surface area contributed by atoms with Crippen LogP contribution in [-0.4, -0.2) is 84.7 Å². The molecular formula is C29H38N8O4. The highest BCUT2D eigenvalue weighted by Gasteiger charge is 2.38. The molecule has 3 fully saturated rings. The van der Waals surface area contributed by atoms with Gasteiger partial charge in [-0.15, -0.1) is 0 Å². The Kier molecular flexibility index (Phi) is 8.83. The minimum absolute atomic E-state index is 0.0111. The molecule has 2 atom stereocenters. The van der Waals surface area contributed by atoms with Gasteiger partial charge in [0.15, 0.2) is 0 Å². The zero-order chi connectivity index (χ0) is 28.9. The second-order valence-corrected chi connectivity index (χ2v) is 11.4. The van der Waals surface area contributed by atoms with Crippen molar-refractivity contribution in [3.05, 3.63) is 35.3 Å². The number of ether oxygens (including phenoxy) is 2. The Bertz CT molecular complexity index is 1300. The number of amides is 2. The number of anilines is 1. The summed E-state index contributed by atoms with van der Waals surface area (Å²) in [6.07, 6.45) is 5.37. The van der Waals surface area contributed by atoms with Crippen molar-refractivity contribution in [1.29, 1.82) is 5.26 Å². The lowest BCUT2D eigenvalue weighted by Crippen LogP contribution is -2.40. The Balaban J connectivity index is 1.30. The normalized spacial score (nSPS) is 20.7.